The van der Waals surface area contributed by atoms with E-state index in [1.165, 1.54) is 33.8 Å². The third-order valence-electron chi connectivity index (χ3n) is 6.92. The first-order valence-electron chi connectivity index (χ1n) is 12.4. The maximum atomic E-state index is 5.92. The van der Waals surface area contributed by atoms with Gasteiger partial charge in [0.05, 0.1) is 24.4 Å². The van der Waals surface area contributed by atoms with Crippen molar-refractivity contribution in [3.05, 3.63) is 107 Å². The molecule has 6 heteroatoms. The molecule has 2 aromatic carbocycles. The van der Waals surface area contributed by atoms with Crippen LogP contribution in [0.1, 0.15) is 52.8 Å². The first-order chi connectivity index (χ1) is 17.4. The van der Waals surface area contributed by atoms with Gasteiger partial charge in [-0.1, -0.05) is 18.2 Å². The summed E-state index contributed by atoms with van der Waals surface area (Å²) in [5.74, 6) is 0.852. The first kappa shape index (κ1) is 24.1. The van der Waals surface area contributed by atoms with Crippen LogP contribution in [0.25, 0.3) is 5.69 Å². The highest BCUT2D eigenvalue weighted by Gasteiger charge is 2.42. The smallest absolute Gasteiger partial charge is 0.174 e. The molecule has 5 nitrogen and oxygen atoms in total. The lowest BCUT2D eigenvalue weighted by Gasteiger charge is -2.28. The maximum Gasteiger partial charge on any atom is 0.174 e. The number of aromatic nitrogens is 2. The van der Waals surface area contributed by atoms with Crippen molar-refractivity contribution in [3.8, 4) is 11.4 Å². The van der Waals surface area contributed by atoms with Gasteiger partial charge in [0.15, 0.2) is 5.11 Å². The second-order valence-corrected chi connectivity index (χ2v) is 9.76. The quantitative estimate of drug-likeness (QED) is 0.302. The lowest BCUT2D eigenvalue weighted by Crippen LogP contribution is -2.29. The Hall–Kier alpha value is -3.64. The molecule has 2 aromatic heterocycles. The maximum absolute atomic E-state index is 5.92. The normalized spacial score (nSPS) is 17.4. The SMILES string of the molecule is CCOc1ccc(N2C(=S)NC(c3ccccn3)C2c2cc(C)n(-c3cc(C)ccc3C)c2C)cc1. The Kier molecular flexibility index (Phi) is 6.54. The summed E-state index contributed by atoms with van der Waals surface area (Å²) < 4.78 is 8.05. The molecule has 0 amide bonds. The van der Waals surface area contributed by atoms with Crippen molar-refractivity contribution >= 4 is 23.0 Å². The van der Waals surface area contributed by atoms with E-state index in [2.05, 4.69) is 84.9 Å². The predicted octanol–water partition coefficient (Wildman–Crippen LogP) is 6.68. The van der Waals surface area contributed by atoms with Crippen molar-refractivity contribution in [2.45, 2.75) is 46.7 Å². The minimum absolute atomic E-state index is 0.0598. The zero-order chi connectivity index (χ0) is 25.4. The fourth-order valence-corrected chi connectivity index (χ4v) is 5.58. The van der Waals surface area contributed by atoms with Gasteiger partial charge in [-0.3, -0.25) is 4.98 Å². The highest BCUT2D eigenvalue weighted by Crippen LogP contribution is 2.44. The molecule has 0 bridgehead atoms. The number of hydrogen-bond acceptors (Lipinski definition) is 3. The van der Waals surface area contributed by atoms with Crippen molar-refractivity contribution in [2.24, 2.45) is 0 Å². The summed E-state index contributed by atoms with van der Waals surface area (Å²) in [5.41, 5.74) is 9.33. The van der Waals surface area contributed by atoms with Crippen LogP contribution in [-0.4, -0.2) is 21.3 Å². The number of pyridine rings is 1. The average molecular weight is 497 g/mol. The van der Waals surface area contributed by atoms with Gasteiger partial charge in [0, 0.05) is 29.0 Å². The highest BCUT2D eigenvalue weighted by atomic mass is 32.1. The van der Waals surface area contributed by atoms with E-state index in [0.29, 0.717) is 11.7 Å². The molecule has 1 aliphatic heterocycles. The van der Waals surface area contributed by atoms with Crippen LogP contribution >= 0.6 is 12.2 Å². The molecule has 184 valence electrons. The number of nitrogens with one attached hydrogen (secondary N) is 1. The van der Waals surface area contributed by atoms with Crippen molar-refractivity contribution in [1.82, 2.24) is 14.9 Å². The topological polar surface area (TPSA) is 42.3 Å². The molecule has 36 heavy (non-hydrogen) atoms. The summed E-state index contributed by atoms with van der Waals surface area (Å²) in [6.07, 6.45) is 1.84. The van der Waals surface area contributed by atoms with Crippen LogP contribution in [0.15, 0.2) is 72.9 Å². The fraction of sp³-hybridized carbons (Fsp3) is 0.267. The summed E-state index contributed by atoms with van der Waals surface area (Å²) in [6, 6.07) is 23.0. The van der Waals surface area contributed by atoms with Gasteiger partial charge in [0.1, 0.15) is 5.75 Å². The monoisotopic (exact) mass is 496 g/mol. The van der Waals surface area contributed by atoms with E-state index >= 15 is 0 Å². The number of ether oxygens (including phenoxy) is 1. The highest BCUT2D eigenvalue weighted by molar-refractivity contribution is 7.80. The third-order valence-corrected chi connectivity index (χ3v) is 7.23. The molecular formula is C30H32N4OS. The van der Waals surface area contributed by atoms with E-state index in [4.69, 9.17) is 21.9 Å². The molecule has 0 saturated carbocycles. The molecular weight excluding hydrogens is 464 g/mol. The van der Waals surface area contributed by atoms with Crippen LogP contribution < -0.4 is 15.0 Å². The summed E-state index contributed by atoms with van der Waals surface area (Å²) in [4.78, 5) is 6.93. The number of benzene rings is 2. The zero-order valence-electron chi connectivity index (χ0n) is 21.4. The minimum atomic E-state index is -0.0853. The van der Waals surface area contributed by atoms with Crippen LogP contribution in [0.5, 0.6) is 5.75 Å². The van der Waals surface area contributed by atoms with Gasteiger partial charge in [-0.15, -0.1) is 0 Å². The fourth-order valence-electron chi connectivity index (χ4n) is 5.24. The molecule has 1 N–H and O–H groups in total. The summed E-state index contributed by atoms with van der Waals surface area (Å²) in [7, 11) is 0. The molecule has 2 unspecified atom stereocenters. The molecule has 0 radical (unpaired) electrons. The van der Waals surface area contributed by atoms with Gasteiger partial charge in [-0.05, 0) is 112 Å². The number of thiocarbonyl (C=S) groups is 1. The Labute approximate surface area is 218 Å². The van der Waals surface area contributed by atoms with Crippen LogP contribution in [0.2, 0.25) is 0 Å². The van der Waals surface area contributed by atoms with Crippen molar-refractivity contribution in [3.63, 3.8) is 0 Å². The van der Waals surface area contributed by atoms with Crippen molar-refractivity contribution < 1.29 is 4.74 Å². The number of hydrogen-bond donors (Lipinski definition) is 1. The molecule has 0 aliphatic carbocycles. The van der Waals surface area contributed by atoms with Crippen LogP contribution in [0, 0.1) is 27.7 Å². The number of aryl methyl sites for hydroxylation is 3. The van der Waals surface area contributed by atoms with E-state index in [1.807, 2.05) is 37.4 Å². The molecule has 0 spiro atoms. The Bertz CT molecular complexity index is 1390. The Balaban J connectivity index is 1.66. The zero-order valence-corrected chi connectivity index (χ0v) is 22.3. The van der Waals surface area contributed by atoms with Crippen LogP contribution in [-0.2, 0) is 0 Å². The summed E-state index contributed by atoms with van der Waals surface area (Å²) >= 11 is 5.92. The molecule has 5 rings (SSSR count). The molecule has 1 fully saturated rings. The molecule has 1 saturated heterocycles. The van der Waals surface area contributed by atoms with Gasteiger partial charge in [-0.25, -0.2) is 0 Å². The van der Waals surface area contributed by atoms with E-state index in [9.17, 15) is 0 Å². The van der Waals surface area contributed by atoms with Gasteiger partial charge in [0.25, 0.3) is 0 Å². The summed E-state index contributed by atoms with van der Waals surface area (Å²) in [5, 5.41) is 4.27. The Morgan fingerprint density at radius 3 is 2.44 bits per heavy atom. The van der Waals surface area contributed by atoms with E-state index in [1.54, 1.807) is 0 Å². The van der Waals surface area contributed by atoms with Gasteiger partial charge < -0.3 is 19.5 Å². The van der Waals surface area contributed by atoms with Gasteiger partial charge in [-0.2, -0.15) is 0 Å². The van der Waals surface area contributed by atoms with Crippen LogP contribution in [0.4, 0.5) is 5.69 Å². The Morgan fingerprint density at radius 2 is 1.75 bits per heavy atom. The predicted molar refractivity (Wildman–Crippen MR) is 150 cm³/mol. The van der Waals surface area contributed by atoms with Crippen LogP contribution in [0.3, 0.4) is 0 Å². The molecule has 2 atom stereocenters. The van der Waals surface area contributed by atoms with E-state index < -0.39 is 0 Å². The standard InChI is InChI=1S/C30H32N4OS/c1-6-35-24-14-12-23(13-15-24)34-29(28(32-30(34)36)26-9-7-8-16-31-26)25-18-21(4)33(22(25)5)27-17-19(2)10-11-20(27)3/h7-18,28-29H,6H2,1-5H3,(H,32,36). The molecule has 3 heterocycles. The van der Waals surface area contributed by atoms with Gasteiger partial charge >= 0.3 is 0 Å². The lowest BCUT2D eigenvalue weighted by molar-refractivity contribution is 0.340. The molecule has 1 aliphatic rings. The van der Waals surface area contributed by atoms with E-state index in [-0.39, 0.29) is 12.1 Å². The molecule has 4 aromatic rings. The first-order valence-corrected chi connectivity index (χ1v) is 12.8. The number of anilines is 1. The van der Waals surface area contributed by atoms with Crippen molar-refractivity contribution in [2.75, 3.05) is 11.5 Å². The van der Waals surface area contributed by atoms with Crippen molar-refractivity contribution in [1.29, 1.82) is 0 Å². The number of nitrogens with zero attached hydrogens (tertiary/aromatic N) is 3. The minimum Gasteiger partial charge on any atom is -0.494 e. The lowest BCUT2D eigenvalue weighted by atomic mass is 9.96. The second kappa shape index (κ2) is 9.78. The number of rotatable bonds is 6. The Morgan fingerprint density at radius 1 is 0.972 bits per heavy atom. The average Bonchev–Trinajstić information content (AvgIpc) is 3.37. The second-order valence-electron chi connectivity index (χ2n) is 9.38. The van der Waals surface area contributed by atoms with Gasteiger partial charge in [0.2, 0.25) is 0 Å². The summed E-state index contributed by atoms with van der Waals surface area (Å²) in [6.45, 7) is 11.3. The third kappa shape index (κ3) is 4.26. The van der Waals surface area contributed by atoms with E-state index in [0.717, 1.165) is 17.1 Å². The largest absolute Gasteiger partial charge is 0.494 e.